The second kappa shape index (κ2) is 7.25. The number of thiophene rings is 1. The van der Waals surface area contributed by atoms with Crippen molar-refractivity contribution in [3.05, 3.63) is 57.3 Å². The van der Waals surface area contributed by atoms with E-state index < -0.39 is 0 Å². The third-order valence-electron chi connectivity index (χ3n) is 5.06. The largest absolute Gasteiger partial charge is 0.465 e. The van der Waals surface area contributed by atoms with E-state index in [1.807, 2.05) is 10.3 Å². The Morgan fingerprint density at radius 3 is 2.56 bits per heavy atom. The summed E-state index contributed by atoms with van der Waals surface area (Å²) < 4.78 is 5.10. The quantitative estimate of drug-likeness (QED) is 0.585. The number of imide groups is 1. The molecule has 1 unspecified atom stereocenters. The highest BCUT2D eigenvalue weighted by Crippen LogP contribution is 2.36. The fourth-order valence-electron chi connectivity index (χ4n) is 3.77. The van der Waals surface area contributed by atoms with E-state index in [0.29, 0.717) is 24.3 Å². The molecule has 2 aliphatic heterocycles. The van der Waals surface area contributed by atoms with Gasteiger partial charge in [0.25, 0.3) is 11.8 Å². The van der Waals surface area contributed by atoms with Crippen molar-refractivity contribution in [3.63, 3.8) is 0 Å². The summed E-state index contributed by atoms with van der Waals surface area (Å²) in [7, 11) is 0. The fourth-order valence-corrected chi connectivity index (χ4v) is 4.85. The third-order valence-corrected chi connectivity index (χ3v) is 6.12. The zero-order chi connectivity index (χ0) is 19.0. The van der Waals surface area contributed by atoms with E-state index in [2.05, 4.69) is 6.07 Å². The van der Waals surface area contributed by atoms with Crippen LogP contribution in [0, 0.1) is 0 Å². The van der Waals surface area contributed by atoms with E-state index in [4.69, 9.17) is 4.74 Å². The Morgan fingerprint density at radius 2 is 1.89 bits per heavy atom. The van der Waals surface area contributed by atoms with E-state index >= 15 is 0 Å². The van der Waals surface area contributed by atoms with Gasteiger partial charge in [-0.25, -0.2) is 0 Å². The van der Waals surface area contributed by atoms with E-state index in [1.165, 1.54) is 10.5 Å². The molecule has 27 heavy (non-hydrogen) atoms. The zero-order valence-electron chi connectivity index (χ0n) is 15.0. The lowest BCUT2D eigenvalue weighted by Crippen LogP contribution is -2.45. The Hall–Kier alpha value is -2.51. The van der Waals surface area contributed by atoms with Crippen LogP contribution >= 0.6 is 11.3 Å². The minimum absolute atomic E-state index is 0.152. The van der Waals surface area contributed by atoms with Gasteiger partial charge in [0.05, 0.1) is 30.3 Å². The van der Waals surface area contributed by atoms with Gasteiger partial charge in [-0.2, -0.15) is 0 Å². The van der Waals surface area contributed by atoms with Gasteiger partial charge in [0, 0.05) is 18.0 Å². The number of hydrogen-bond acceptors (Lipinski definition) is 6. The molecule has 4 rings (SSSR count). The van der Waals surface area contributed by atoms with Gasteiger partial charge in [0.1, 0.15) is 0 Å². The Kier molecular flexibility index (Phi) is 4.80. The highest BCUT2D eigenvalue weighted by atomic mass is 32.1. The maximum absolute atomic E-state index is 12.8. The Labute approximate surface area is 161 Å². The average Bonchev–Trinajstić information content (AvgIpc) is 3.23. The van der Waals surface area contributed by atoms with Crippen LogP contribution in [-0.2, 0) is 16.0 Å². The summed E-state index contributed by atoms with van der Waals surface area (Å²) in [6.07, 6.45) is 0.844. The number of esters is 1. The second-order valence-corrected chi connectivity index (χ2v) is 7.57. The molecule has 7 heteroatoms. The van der Waals surface area contributed by atoms with Crippen molar-refractivity contribution in [1.29, 1.82) is 0 Å². The van der Waals surface area contributed by atoms with Crippen LogP contribution in [0.1, 0.15) is 44.1 Å². The maximum atomic E-state index is 12.8. The van der Waals surface area contributed by atoms with Crippen molar-refractivity contribution in [2.75, 3.05) is 26.2 Å². The van der Waals surface area contributed by atoms with Gasteiger partial charge >= 0.3 is 5.97 Å². The van der Waals surface area contributed by atoms with Crippen LogP contribution in [0.5, 0.6) is 0 Å². The van der Waals surface area contributed by atoms with Crippen LogP contribution in [0.15, 0.2) is 35.7 Å². The lowest BCUT2D eigenvalue weighted by atomic mass is 10.0. The predicted molar refractivity (Wildman–Crippen MR) is 101 cm³/mol. The van der Waals surface area contributed by atoms with Crippen molar-refractivity contribution in [1.82, 2.24) is 9.80 Å². The van der Waals surface area contributed by atoms with Gasteiger partial charge in [-0.3, -0.25) is 24.2 Å². The molecule has 0 spiro atoms. The molecule has 0 aliphatic carbocycles. The SMILES string of the molecule is CCOC(=O)CN1CCc2ccsc2C1CN1C(=O)c2ccccc2C1=O. The number of nitrogens with zero attached hydrogens (tertiary/aromatic N) is 2. The molecule has 0 fully saturated rings. The lowest BCUT2D eigenvalue weighted by Gasteiger charge is -2.36. The molecule has 3 heterocycles. The smallest absolute Gasteiger partial charge is 0.320 e. The van der Waals surface area contributed by atoms with Crippen LogP contribution in [-0.4, -0.2) is 53.8 Å². The molecule has 2 amide bonds. The van der Waals surface area contributed by atoms with Gasteiger partial charge in [-0.05, 0) is 42.5 Å². The van der Waals surface area contributed by atoms with E-state index in [1.54, 1.807) is 42.5 Å². The first-order valence-electron chi connectivity index (χ1n) is 9.01. The number of benzene rings is 1. The molecule has 0 saturated heterocycles. The first-order valence-corrected chi connectivity index (χ1v) is 9.89. The molecular formula is C20H20N2O4S. The Morgan fingerprint density at radius 1 is 1.19 bits per heavy atom. The first-order chi connectivity index (χ1) is 13.1. The van der Waals surface area contributed by atoms with Crippen LogP contribution in [0.3, 0.4) is 0 Å². The fraction of sp³-hybridized carbons (Fsp3) is 0.350. The van der Waals surface area contributed by atoms with Gasteiger partial charge < -0.3 is 4.74 Å². The van der Waals surface area contributed by atoms with Crippen LogP contribution in [0.4, 0.5) is 0 Å². The van der Waals surface area contributed by atoms with Gasteiger partial charge in [-0.15, -0.1) is 11.3 Å². The molecule has 1 atom stereocenters. The predicted octanol–water partition coefficient (Wildman–Crippen LogP) is 2.51. The maximum Gasteiger partial charge on any atom is 0.320 e. The van der Waals surface area contributed by atoms with Crippen LogP contribution < -0.4 is 0 Å². The highest BCUT2D eigenvalue weighted by molar-refractivity contribution is 7.10. The number of ether oxygens (including phenoxy) is 1. The number of fused-ring (bicyclic) bond motifs is 2. The molecule has 0 saturated carbocycles. The van der Waals surface area contributed by atoms with Crippen molar-refractivity contribution in [2.45, 2.75) is 19.4 Å². The second-order valence-electron chi connectivity index (χ2n) is 6.62. The topological polar surface area (TPSA) is 66.9 Å². The first kappa shape index (κ1) is 17.9. The number of carbonyl (C=O) groups excluding carboxylic acids is 3. The van der Waals surface area contributed by atoms with Gasteiger partial charge in [0.2, 0.25) is 0 Å². The van der Waals surface area contributed by atoms with E-state index in [-0.39, 0.29) is 36.9 Å². The normalized spacial score (nSPS) is 19.1. The summed E-state index contributed by atoms with van der Waals surface area (Å²) in [5.41, 5.74) is 2.12. The molecule has 2 aromatic rings. The summed E-state index contributed by atoms with van der Waals surface area (Å²) in [5, 5.41) is 2.02. The molecule has 0 N–H and O–H groups in total. The summed E-state index contributed by atoms with van der Waals surface area (Å²) in [4.78, 5) is 42.0. The molecule has 6 nitrogen and oxygen atoms in total. The summed E-state index contributed by atoms with van der Waals surface area (Å²) >= 11 is 1.60. The number of rotatable bonds is 5. The molecule has 2 aliphatic rings. The minimum atomic E-state index is -0.287. The average molecular weight is 384 g/mol. The molecule has 0 radical (unpaired) electrons. The van der Waals surface area contributed by atoms with E-state index in [0.717, 1.165) is 11.3 Å². The summed E-state index contributed by atoms with van der Waals surface area (Å²) in [5.74, 6) is -0.824. The summed E-state index contributed by atoms with van der Waals surface area (Å²) in [6.45, 7) is 3.19. The molecule has 0 bridgehead atoms. The van der Waals surface area contributed by atoms with Gasteiger partial charge in [0.15, 0.2) is 0 Å². The van der Waals surface area contributed by atoms with Crippen LogP contribution in [0.2, 0.25) is 0 Å². The Bertz CT molecular complexity index is 872. The molecule has 1 aromatic carbocycles. The minimum Gasteiger partial charge on any atom is -0.465 e. The zero-order valence-corrected chi connectivity index (χ0v) is 15.8. The molecular weight excluding hydrogens is 364 g/mol. The number of hydrogen-bond donors (Lipinski definition) is 0. The molecule has 1 aromatic heterocycles. The lowest BCUT2D eigenvalue weighted by molar-refractivity contribution is -0.145. The monoisotopic (exact) mass is 384 g/mol. The van der Waals surface area contributed by atoms with Crippen molar-refractivity contribution in [2.24, 2.45) is 0 Å². The van der Waals surface area contributed by atoms with Crippen LogP contribution in [0.25, 0.3) is 0 Å². The highest BCUT2D eigenvalue weighted by Gasteiger charge is 2.40. The van der Waals surface area contributed by atoms with Crippen molar-refractivity contribution >= 4 is 29.1 Å². The number of amides is 2. The van der Waals surface area contributed by atoms with Crippen molar-refractivity contribution in [3.8, 4) is 0 Å². The van der Waals surface area contributed by atoms with Gasteiger partial charge in [-0.1, -0.05) is 12.1 Å². The summed E-state index contributed by atoms with van der Waals surface area (Å²) in [6, 6.07) is 8.78. The third kappa shape index (κ3) is 3.17. The standard InChI is InChI=1S/C20H20N2O4S/c1-2-26-17(23)12-21-9-7-13-8-10-27-18(13)16(21)11-22-19(24)14-5-3-4-6-15(14)20(22)25/h3-6,8,10,16H,2,7,9,11-12H2,1H3. The van der Waals surface area contributed by atoms with E-state index in [9.17, 15) is 14.4 Å². The van der Waals surface area contributed by atoms with Crippen molar-refractivity contribution < 1.29 is 19.1 Å². The Balaban J connectivity index is 1.61. The number of carbonyl (C=O) groups is 3. The molecule has 140 valence electrons.